The summed E-state index contributed by atoms with van der Waals surface area (Å²) >= 11 is 1.44. The maximum atomic E-state index is 12.2. The van der Waals surface area contributed by atoms with Crippen molar-refractivity contribution in [1.82, 2.24) is 15.3 Å². The minimum Gasteiger partial charge on any atom is -0.351 e. The van der Waals surface area contributed by atoms with E-state index in [1.54, 1.807) is 0 Å². The molecule has 0 fully saturated rings. The van der Waals surface area contributed by atoms with Gasteiger partial charge in [-0.1, -0.05) is 53.7 Å². The molecule has 118 valence electrons. The van der Waals surface area contributed by atoms with Gasteiger partial charge in [0.15, 0.2) is 5.16 Å². The average Bonchev–Trinajstić information content (AvgIpc) is 2.96. The Morgan fingerprint density at radius 2 is 1.96 bits per heavy atom. The maximum absolute atomic E-state index is 12.2. The SMILES string of the molecule is Cc1ccc(CNC(=O)C(C)Sc2nc3ccccc3[nH]2)cc1. The third-order valence-corrected chi connectivity index (χ3v) is 4.60. The number of carbonyl (C=O) groups is 1. The van der Waals surface area contributed by atoms with E-state index < -0.39 is 0 Å². The van der Waals surface area contributed by atoms with Crippen molar-refractivity contribution < 1.29 is 4.79 Å². The molecule has 0 saturated carbocycles. The summed E-state index contributed by atoms with van der Waals surface area (Å²) < 4.78 is 0. The van der Waals surface area contributed by atoms with E-state index in [1.165, 1.54) is 17.3 Å². The summed E-state index contributed by atoms with van der Waals surface area (Å²) in [5, 5.41) is 3.53. The van der Waals surface area contributed by atoms with Crippen LogP contribution in [-0.4, -0.2) is 21.1 Å². The zero-order chi connectivity index (χ0) is 16.2. The quantitative estimate of drug-likeness (QED) is 0.704. The highest BCUT2D eigenvalue weighted by atomic mass is 32.2. The van der Waals surface area contributed by atoms with Gasteiger partial charge >= 0.3 is 0 Å². The largest absolute Gasteiger partial charge is 0.351 e. The van der Waals surface area contributed by atoms with Gasteiger partial charge in [-0.15, -0.1) is 0 Å². The number of fused-ring (bicyclic) bond motifs is 1. The first-order valence-electron chi connectivity index (χ1n) is 7.56. The molecule has 0 bridgehead atoms. The summed E-state index contributed by atoms with van der Waals surface area (Å²) in [6, 6.07) is 16.0. The molecular formula is C18H19N3OS. The number of aromatic nitrogens is 2. The normalized spacial score (nSPS) is 12.3. The molecule has 0 aliphatic rings. The maximum Gasteiger partial charge on any atom is 0.233 e. The zero-order valence-electron chi connectivity index (χ0n) is 13.2. The molecular weight excluding hydrogens is 306 g/mol. The van der Waals surface area contributed by atoms with Crippen LogP contribution in [0.4, 0.5) is 0 Å². The summed E-state index contributed by atoms with van der Waals surface area (Å²) in [6.45, 7) is 4.49. The summed E-state index contributed by atoms with van der Waals surface area (Å²) in [6.07, 6.45) is 0. The molecule has 4 nitrogen and oxygen atoms in total. The molecule has 3 aromatic rings. The summed E-state index contributed by atoms with van der Waals surface area (Å²) in [5.74, 6) is 0.0102. The zero-order valence-corrected chi connectivity index (χ0v) is 14.0. The number of hydrogen-bond acceptors (Lipinski definition) is 3. The number of imidazole rings is 1. The molecule has 0 spiro atoms. The molecule has 1 heterocycles. The number of nitrogens with one attached hydrogen (secondary N) is 2. The number of aromatic amines is 1. The minimum absolute atomic E-state index is 0.0102. The van der Waals surface area contributed by atoms with Gasteiger partial charge in [-0.2, -0.15) is 0 Å². The number of carbonyl (C=O) groups excluding carboxylic acids is 1. The van der Waals surface area contributed by atoms with Gasteiger partial charge in [0.25, 0.3) is 0 Å². The van der Waals surface area contributed by atoms with Crippen molar-refractivity contribution >= 4 is 28.7 Å². The van der Waals surface area contributed by atoms with Crippen LogP contribution in [0, 0.1) is 6.92 Å². The van der Waals surface area contributed by atoms with Crippen molar-refractivity contribution in [3.05, 3.63) is 59.7 Å². The van der Waals surface area contributed by atoms with Crippen LogP contribution in [0.2, 0.25) is 0 Å². The lowest BCUT2D eigenvalue weighted by Gasteiger charge is -2.10. The number of aryl methyl sites for hydroxylation is 1. The summed E-state index contributed by atoms with van der Waals surface area (Å²) in [7, 11) is 0. The number of hydrogen-bond donors (Lipinski definition) is 2. The van der Waals surface area contributed by atoms with Crippen LogP contribution in [0.15, 0.2) is 53.7 Å². The summed E-state index contributed by atoms with van der Waals surface area (Å²) in [5.41, 5.74) is 4.23. The molecule has 1 aromatic heterocycles. The molecule has 23 heavy (non-hydrogen) atoms. The van der Waals surface area contributed by atoms with Crippen LogP contribution in [0.3, 0.4) is 0 Å². The number of para-hydroxylation sites is 2. The molecule has 0 saturated heterocycles. The summed E-state index contributed by atoms with van der Waals surface area (Å²) in [4.78, 5) is 20.0. The number of nitrogens with zero attached hydrogens (tertiary/aromatic N) is 1. The predicted molar refractivity (Wildman–Crippen MR) is 94.4 cm³/mol. The predicted octanol–water partition coefficient (Wildman–Crippen LogP) is 3.67. The van der Waals surface area contributed by atoms with E-state index in [2.05, 4.69) is 22.2 Å². The van der Waals surface area contributed by atoms with Gasteiger partial charge in [0.2, 0.25) is 5.91 Å². The van der Waals surface area contributed by atoms with Crippen LogP contribution in [0.1, 0.15) is 18.1 Å². The topological polar surface area (TPSA) is 57.8 Å². The molecule has 0 aliphatic heterocycles. The molecule has 0 aliphatic carbocycles. The molecule has 1 atom stereocenters. The van der Waals surface area contributed by atoms with Crippen molar-refractivity contribution in [3.8, 4) is 0 Å². The van der Waals surface area contributed by atoms with Crippen LogP contribution >= 0.6 is 11.8 Å². The Kier molecular flexibility index (Phi) is 4.67. The Hall–Kier alpha value is -2.27. The minimum atomic E-state index is -0.207. The van der Waals surface area contributed by atoms with Crippen LogP contribution in [0.25, 0.3) is 11.0 Å². The molecule has 5 heteroatoms. The van der Waals surface area contributed by atoms with Gasteiger partial charge in [0.1, 0.15) is 0 Å². The van der Waals surface area contributed by atoms with Crippen molar-refractivity contribution in [2.24, 2.45) is 0 Å². The van der Waals surface area contributed by atoms with Crippen LogP contribution in [-0.2, 0) is 11.3 Å². The first kappa shape index (κ1) is 15.6. The average molecular weight is 325 g/mol. The lowest BCUT2D eigenvalue weighted by molar-refractivity contribution is -0.120. The first-order chi connectivity index (χ1) is 11.1. The third-order valence-electron chi connectivity index (χ3n) is 3.61. The highest BCUT2D eigenvalue weighted by Gasteiger charge is 2.16. The van der Waals surface area contributed by atoms with E-state index >= 15 is 0 Å². The number of thioether (sulfide) groups is 1. The number of amides is 1. The van der Waals surface area contributed by atoms with E-state index in [1.807, 2.05) is 55.5 Å². The van der Waals surface area contributed by atoms with Crippen molar-refractivity contribution in [2.75, 3.05) is 0 Å². The van der Waals surface area contributed by atoms with E-state index in [0.29, 0.717) is 6.54 Å². The lowest BCUT2D eigenvalue weighted by Crippen LogP contribution is -2.30. The van der Waals surface area contributed by atoms with Crippen molar-refractivity contribution in [1.29, 1.82) is 0 Å². The highest BCUT2D eigenvalue weighted by molar-refractivity contribution is 8.00. The van der Waals surface area contributed by atoms with Crippen LogP contribution < -0.4 is 5.32 Å². The molecule has 1 unspecified atom stereocenters. The third kappa shape index (κ3) is 3.93. The smallest absolute Gasteiger partial charge is 0.233 e. The second-order valence-corrected chi connectivity index (χ2v) is 6.85. The Morgan fingerprint density at radius 1 is 1.22 bits per heavy atom. The molecule has 2 N–H and O–H groups in total. The first-order valence-corrected chi connectivity index (χ1v) is 8.44. The number of rotatable bonds is 5. The van der Waals surface area contributed by atoms with Gasteiger partial charge in [-0.3, -0.25) is 4.79 Å². The molecule has 2 aromatic carbocycles. The van der Waals surface area contributed by atoms with Gasteiger partial charge in [-0.05, 0) is 31.5 Å². The fraction of sp³-hybridized carbons (Fsp3) is 0.222. The van der Waals surface area contributed by atoms with Crippen molar-refractivity contribution in [3.63, 3.8) is 0 Å². The van der Waals surface area contributed by atoms with E-state index in [4.69, 9.17) is 0 Å². The van der Waals surface area contributed by atoms with Gasteiger partial charge < -0.3 is 10.3 Å². The second kappa shape index (κ2) is 6.87. The fourth-order valence-corrected chi connectivity index (χ4v) is 3.09. The van der Waals surface area contributed by atoms with Crippen molar-refractivity contribution in [2.45, 2.75) is 30.8 Å². The highest BCUT2D eigenvalue weighted by Crippen LogP contribution is 2.23. The Labute approximate surface area is 139 Å². The molecule has 0 radical (unpaired) electrons. The Bertz CT molecular complexity index is 778. The van der Waals surface area contributed by atoms with Crippen LogP contribution in [0.5, 0.6) is 0 Å². The standard InChI is InChI=1S/C18H19N3OS/c1-12-7-9-14(10-8-12)11-19-17(22)13(2)23-18-20-15-5-3-4-6-16(15)21-18/h3-10,13H,11H2,1-2H3,(H,19,22)(H,20,21). The number of benzene rings is 2. The fourth-order valence-electron chi connectivity index (χ4n) is 2.25. The van der Waals surface area contributed by atoms with E-state index in [-0.39, 0.29) is 11.2 Å². The van der Waals surface area contributed by atoms with Gasteiger partial charge in [0.05, 0.1) is 16.3 Å². The number of H-pyrrole nitrogens is 1. The molecule has 3 rings (SSSR count). The molecule has 1 amide bonds. The second-order valence-electron chi connectivity index (χ2n) is 5.52. The van der Waals surface area contributed by atoms with E-state index in [9.17, 15) is 4.79 Å². The Balaban J connectivity index is 1.57. The van der Waals surface area contributed by atoms with Gasteiger partial charge in [-0.25, -0.2) is 4.98 Å². The Morgan fingerprint density at radius 3 is 2.70 bits per heavy atom. The van der Waals surface area contributed by atoms with E-state index in [0.717, 1.165) is 21.8 Å². The lowest BCUT2D eigenvalue weighted by atomic mass is 10.1. The monoisotopic (exact) mass is 325 g/mol. The van der Waals surface area contributed by atoms with Gasteiger partial charge in [0, 0.05) is 6.54 Å².